The van der Waals surface area contributed by atoms with Crippen LogP contribution in [0.2, 0.25) is 0 Å². The number of ether oxygens (including phenoxy) is 2. The summed E-state index contributed by atoms with van der Waals surface area (Å²) in [7, 11) is 2.34. The maximum Gasteiger partial charge on any atom is 0.321 e. The number of nitriles is 1. The molecule has 0 bridgehead atoms. The van der Waals surface area contributed by atoms with E-state index in [0.29, 0.717) is 5.56 Å². The smallest absolute Gasteiger partial charge is 0.321 e. The fourth-order valence-corrected chi connectivity index (χ4v) is 1.74. The molecule has 0 fully saturated rings. The molecular formula is C14H15NO4. The Kier molecular flexibility index (Phi) is 5.07. The topological polar surface area (TPSA) is 76.4 Å². The SMILES string of the molecule is COC(=O)C(C(=O)OC)C(C#N)c1ccc(C)cc1. The second-order valence-corrected chi connectivity index (χ2v) is 4.04. The first-order valence-corrected chi connectivity index (χ1v) is 5.67. The predicted octanol–water partition coefficient (Wildman–Crippen LogP) is 1.56. The molecule has 1 atom stereocenters. The lowest BCUT2D eigenvalue weighted by molar-refractivity contribution is -0.159. The van der Waals surface area contributed by atoms with Gasteiger partial charge in [-0.2, -0.15) is 5.26 Å². The van der Waals surface area contributed by atoms with Gasteiger partial charge in [-0.25, -0.2) is 0 Å². The van der Waals surface area contributed by atoms with Crippen LogP contribution < -0.4 is 0 Å². The van der Waals surface area contributed by atoms with E-state index in [2.05, 4.69) is 9.47 Å². The summed E-state index contributed by atoms with van der Waals surface area (Å²) in [6.07, 6.45) is 0. The van der Waals surface area contributed by atoms with Crippen LogP contribution in [0.25, 0.3) is 0 Å². The Morgan fingerprint density at radius 3 is 1.95 bits per heavy atom. The van der Waals surface area contributed by atoms with Crippen molar-refractivity contribution in [2.75, 3.05) is 14.2 Å². The third kappa shape index (κ3) is 3.32. The molecule has 0 aliphatic carbocycles. The zero-order valence-corrected chi connectivity index (χ0v) is 11.0. The molecule has 0 saturated heterocycles. The molecule has 0 aromatic heterocycles. The summed E-state index contributed by atoms with van der Waals surface area (Å²) in [6.45, 7) is 1.91. The van der Waals surface area contributed by atoms with E-state index >= 15 is 0 Å². The lowest BCUT2D eigenvalue weighted by Crippen LogP contribution is -2.31. The van der Waals surface area contributed by atoms with Crippen molar-refractivity contribution in [2.45, 2.75) is 12.8 Å². The van der Waals surface area contributed by atoms with Gasteiger partial charge in [0, 0.05) is 0 Å². The number of benzene rings is 1. The summed E-state index contributed by atoms with van der Waals surface area (Å²) in [5.74, 6) is -3.76. The first kappa shape index (κ1) is 14.7. The Balaban J connectivity index is 3.17. The zero-order valence-electron chi connectivity index (χ0n) is 11.0. The standard InChI is InChI=1S/C14H15NO4/c1-9-4-6-10(7-5-9)11(8-15)12(13(16)18-2)14(17)19-3/h4-7,11-12H,1-3H3. The number of carbonyl (C=O) groups is 2. The average Bonchev–Trinajstić information content (AvgIpc) is 2.44. The van der Waals surface area contributed by atoms with Gasteiger partial charge < -0.3 is 9.47 Å². The molecule has 5 heteroatoms. The predicted molar refractivity (Wildman–Crippen MR) is 67.1 cm³/mol. The highest BCUT2D eigenvalue weighted by Crippen LogP contribution is 2.26. The van der Waals surface area contributed by atoms with Crippen molar-refractivity contribution in [3.63, 3.8) is 0 Å². The molecule has 0 spiro atoms. The highest BCUT2D eigenvalue weighted by atomic mass is 16.5. The van der Waals surface area contributed by atoms with E-state index < -0.39 is 23.8 Å². The lowest BCUT2D eigenvalue weighted by atomic mass is 9.86. The minimum atomic E-state index is -1.28. The van der Waals surface area contributed by atoms with Crippen molar-refractivity contribution in [1.82, 2.24) is 0 Å². The number of nitrogens with zero attached hydrogens (tertiary/aromatic N) is 1. The van der Waals surface area contributed by atoms with Gasteiger partial charge >= 0.3 is 11.9 Å². The van der Waals surface area contributed by atoms with E-state index in [0.717, 1.165) is 5.56 Å². The number of carbonyl (C=O) groups excluding carboxylic acids is 2. The van der Waals surface area contributed by atoms with Crippen LogP contribution in [0.5, 0.6) is 0 Å². The van der Waals surface area contributed by atoms with E-state index in [1.165, 1.54) is 14.2 Å². The van der Waals surface area contributed by atoms with Gasteiger partial charge in [-0.05, 0) is 12.5 Å². The molecule has 0 amide bonds. The van der Waals surface area contributed by atoms with Crippen molar-refractivity contribution >= 4 is 11.9 Å². The average molecular weight is 261 g/mol. The van der Waals surface area contributed by atoms with E-state index in [1.807, 2.05) is 25.1 Å². The summed E-state index contributed by atoms with van der Waals surface area (Å²) < 4.78 is 9.14. The summed E-state index contributed by atoms with van der Waals surface area (Å²) in [6, 6.07) is 9.01. The van der Waals surface area contributed by atoms with Gasteiger partial charge in [0.25, 0.3) is 0 Å². The van der Waals surface area contributed by atoms with Crippen molar-refractivity contribution in [3.05, 3.63) is 35.4 Å². The summed E-state index contributed by atoms with van der Waals surface area (Å²) in [5, 5.41) is 9.24. The van der Waals surface area contributed by atoms with Crippen molar-refractivity contribution in [3.8, 4) is 6.07 Å². The van der Waals surface area contributed by atoms with Crippen LogP contribution >= 0.6 is 0 Å². The van der Waals surface area contributed by atoms with Gasteiger partial charge in [0.1, 0.15) is 0 Å². The van der Waals surface area contributed by atoms with Gasteiger partial charge in [-0.1, -0.05) is 29.8 Å². The van der Waals surface area contributed by atoms with Crippen LogP contribution in [-0.4, -0.2) is 26.2 Å². The summed E-state index contributed by atoms with van der Waals surface area (Å²) in [5.41, 5.74) is 1.60. The molecule has 0 aliphatic rings. The maximum atomic E-state index is 11.7. The quantitative estimate of drug-likeness (QED) is 0.607. The number of methoxy groups -OCH3 is 2. The first-order valence-electron chi connectivity index (χ1n) is 5.67. The minimum Gasteiger partial charge on any atom is -0.468 e. The lowest BCUT2D eigenvalue weighted by Gasteiger charge is -2.17. The largest absolute Gasteiger partial charge is 0.468 e. The molecule has 100 valence electrons. The van der Waals surface area contributed by atoms with Crippen molar-refractivity contribution in [1.29, 1.82) is 5.26 Å². The van der Waals surface area contributed by atoms with Crippen LogP contribution in [0.15, 0.2) is 24.3 Å². The van der Waals surface area contributed by atoms with Gasteiger partial charge in [0.05, 0.1) is 26.2 Å². The number of hydrogen-bond donors (Lipinski definition) is 0. The molecule has 5 nitrogen and oxygen atoms in total. The molecule has 0 saturated carbocycles. The second-order valence-electron chi connectivity index (χ2n) is 4.04. The highest BCUT2D eigenvalue weighted by molar-refractivity contribution is 5.96. The Morgan fingerprint density at radius 1 is 1.11 bits per heavy atom. The summed E-state index contributed by atoms with van der Waals surface area (Å²) in [4.78, 5) is 23.4. The van der Waals surface area contributed by atoms with E-state index in [1.54, 1.807) is 12.1 Å². The van der Waals surface area contributed by atoms with Crippen molar-refractivity contribution in [2.24, 2.45) is 5.92 Å². The van der Waals surface area contributed by atoms with E-state index in [-0.39, 0.29) is 0 Å². The number of hydrogen-bond acceptors (Lipinski definition) is 5. The Bertz CT molecular complexity index is 485. The Hall–Kier alpha value is -2.35. The summed E-state index contributed by atoms with van der Waals surface area (Å²) >= 11 is 0. The number of esters is 2. The van der Waals surface area contributed by atoms with Crippen LogP contribution in [0.1, 0.15) is 17.0 Å². The molecule has 0 radical (unpaired) electrons. The van der Waals surface area contributed by atoms with Gasteiger partial charge in [-0.3, -0.25) is 9.59 Å². The molecule has 0 aliphatic heterocycles. The maximum absolute atomic E-state index is 11.7. The fraction of sp³-hybridized carbons (Fsp3) is 0.357. The highest BCUT2D eigenvalue weighted by Gasteiger charge is 2.38. The third-order valence-corrected chi connectivity index (χ3v) is 2.82. The molecule has 1 aromatic rings. The number of rotatable bonds is 4. The van der Waals surface area contributed by atoms with Crippen LogP contribution in [-0.2, 0) is 19.1 Å². The molecule has 0 heterocycles. The van der Waals surface area contributed by atoms with Crippen LogP contribution in [0, 0.1) is 24.2 Å². The van der Waals surface area contributed by atoms with E-state index in [4.69, 9.17) is 0 Å². The first-order chi connectivity index (χ1) is 9.04. The van der Waals surface area contributed by atoms with Gasteiger partial charge in [0.2, 0.25) is 0 Å². The number of aryl methyl sites for hydroxylation is 1. The van der Waals surface area contributed by atoms with Gasteiger partial charge in [0.15, 0.2) is 5.92 Å². The van der Waals surface area contributed by atoms with Crippen molar-refractivity contribution < 1.29 is 19.1 Å². The monoisotopic (exact) mass is 261 g/mol. The van der Waals surface area contributed by atoms with E-state index in [9.17, 15) is 14.9 Å². The van der Waals surface area contributed by atoms with Gasteiger partial charge in [-0.15, -0.1) is 0 Å². The molecular weight excluding hydrogens is 246 g/mol. The van der Waals surface area contributed by atoms with Crippen LogP contribution in [0.4, 0.5) is 0 Å². The molecule has 0 N–H and O–H groups in total. The fourth-order valence-electron chi connectivity index (χ4n) is 1.74. The molecule has 1 unspecified atom stereocenters. The Morgan fingerprint density at radius 2 is 1.58 bits per heavy atom. The van der Waals surface area contributed by atoms with Crippen LogP contribution in [0.3, 0.4) is 0 Å². The minimum absolute atomic E-state index is 0.578. The molecule has 1 aromatic carbocycles. The molecule has 1 rings (SSSR count). The third-order valence-electron chi connectivity index (χ3n) is 2.82. The Labute approximate surface area is 111 Å². The second kappa shape index (κ2) is 6.55. The zero-order chi connectivity index (χ0) is 14.4. The normalized spacial score (nSPS) is 11.5. The molecule has 19 heavy (non-hydrogen) atoms.